The quantitative estimate of drug-likeness (QED) is 0.241. The predicted molar refractivity (Wildman–Crippen MR) is 106 cm³/mol. The summed E-state index contributed by atoms with van der Waals surface area (Å²) in [7, 11) is 0. The number of aromatic hydroxyl groups is 4. The number of carbonyl (C=O) groups is 1. The van der Waals surface area contributed by atoms with E-state index in [2.05, 4.69) is 0 Å². The van der Waals surface area contributed by atoms with E-state index in [4.69, 9.17) is 9.47 Å². The zero-order valence-corrected chi connectivity index (χ0v) is 16.8. The van der Waals surface area contributed by atoms with E-state index in [1.807, 2.05) is 0 Å². The molecule has 0 spiro atoms. The van der Waals surface area contributed by atoms with E-state index in [0.29, 0.717) is 0 Å². The van der Waals surface area contributed by atoms with Crippen molar-refractivity contribution >= 4 is 5.78 Å². The molecular formula is C21H22O12. The van der Waals surface area contributed by atoms with E-state index in [-0.39, 0.29) is 11.3 Å². The number of hydrogen-bond donors (Lipinski definition) is 9. The molecule has 12 heteroatoms. The number of phenols is 4. The molecule has 0 saturated carbocycles. The second-order valence-electron chi connectivity index (χ2n) is 7.88. The van der Waals surface area contributed by atoms with Crippen molar-refractivity contribution in [3.8, 4) is 28.7 Å². The van der Waals surface area contributed by atoms with Gasteiger partial charge in [-0.1, -0.05) is 6.07 Å². The van der Waals surface area contributed by atoms with Crippen LogP contribution in [0.5, 0.6) is 28.7 Å². The van der Waals surface area contributed by atoms with Crippen LogP contribution in [0, 0.1) is 0 Å². The fourth-order valence-corrected chi connectivity index (χ4v) is 4.05. The Morgan fingerprint density at radius 3 is 2.15 bits per heavy atom. The average Bonchev–Trinajstić information content (AvgIpc) is 2.77. The second kappa shape index (κ2) is 8.33. The molecular weight excluding hydrogens is 444 g/mol. The van der Waals surface area contributed by atoms with Crippen LogP contribution in [-0.4, -0.2) is 88.9 Å². The van der Waals surface area contributed by atoms with Crippen molar-refractivity contribution in [3.05, 3.63) is 41.0 Å². The lowest BCUT2D eigenvalue weighted by molar-refractivity contribution is -0.232. The lowest BCUT2D eigenvalue weighted by atomic mass is 9.86. The molecule has 2 aliphatic heterocycles. The fraction of sp³-hybridized carbons (Fsp3) is 0.381. The number of rotatable bonds is 3. The van der Waals surface area contributed by atoms with Gasteiger partial charge in [-0.2, -0.15) is 0 Å². The lowest BCUT2D eigenvalue weighted by Gasteiger charge is -2.41. The Bertz CT molecular complexity index is 1080. The summed E-state index contributed by atoms with van der Waals surface area (Å²) in [5, 5.41) is 90.7. The maximum absolute atomic E-state index is 12.9. The highest BCUT2D eigenvalue weighted by Gasteiger charge is 2.48. The van der Waals surface area contributed by atoms with Gasteiger partial charge in [0.2, 0.25) is 5.78 Å². The second-order valence-corrected chi connectivity index (χ2v) is 7.88. The van der Waals surface area contributed by atoms with Gasteiger partial charge >= 0.3 is 0 Å². The van der Waals surface area contributed by atoms with Gasteiger partial charge in [0, 0.05) is 6.07 Å². The fourth-order valence-electron chi connectivity index (χ4n) is 4.05. The van der Waals surface area contributed by atoms with Gasteiger partial charge in [-0.05, 0) is 17.7 Å². The number of aliphatic hydroxyl groups excluding tert-OH is 5. The summed E-state index contributed by atoms with van der Waals surface area (Å²) in [6.07, 6.45) is -11.5. The topological polar surface area (TPSA) is 218 Å². The molecule has 2 aromatic carbocycles. The minimum atomic E-state index is -1.86. The first-order chi connectivity index (χ1) is 15.6. The molecule has 1 saturated heterocycles. The van der Waals surface area contributed by atoms with Gasteiger partial charge in [0.25, 0.3) is 0 Å². The maximum Gasteiger partial charge on any atom is 0.202 e. The van der Waals surface area contributed by atoms with Crippen molar-refractivity contribution in [1.82, 2.24) is 0 Å². The first-order valence-electron chi connectivity index (χ1n) is 9.87. The number of aliphatic hydroxyl groups is 5. The molecule has 2 aromatic rings. The van der Waals surface area contributed by atoms with Gasteiger partial charge in [0.15, 0.2) is 23.7 Å². The Labute approximate surface area is 185 Å². The van der Waals surface area contributed by atoms with E-state index in [1.165, 1.54) is 6.07 Å². The zero-order valence-electron chi connectivity index (χ0n) is 16.8. The Balaban J connectivity index is 1.77. The molecule has 7 atom stereocenters. The zero-order chi connectivity index (χ0) is 24.2. The van der Waals surface area contributed by atoms with Crippen molar-refractivity contribution in [3.63, 3.8) is 0 Å². The van der Waals surface area contributed by atoms with Crippen LogP contribution in [0.3, 0.4) is 0 Å². The third-order valence-corrected chi connectivity index (χ3v) is 5.84. The van der Waals surface area contributed by atoms with Crippen molar-refractivity contribution in [2.24, 2.45) is 0 Å². The van der Waals surface area contributed by atoms with Gasteiger partial charge in [-0.15, -0.1) is 0 Å². The SMILES string of the molecule is O=C1c2c(cc(O)c(C3OC(CO)C(O)C(O)C3O)c2O)O[C@@H](c2ccc(O)c(O)c2)[C@@H]1O. The molecule has 2 aliphatic rings. The predicted octanol–water partition coefficient (Wildman–Crippen LogP) is -1.30. The molecule has 0 amide bonds. The van der Waals surface area contributed by atoms with E-state index in [0.717, 1.165) is 18.2 Å². The van der Waals surface area contributed by atoms with E-state index in [1.54, 1.807) is 0 Å². The van der Waals surface area contributed by atoms with Crippen molar-refractivity contribution in [2.75, 3.05) is 6.61 Å². The number of hydrogen-bond acceptors (Lipinski definition) is 12. The summed E-state index contributed by atoms with van der Waals surface area (Å²) in [4.78, 5) is 12.9. The average molecular weight is 466 g/mol. The normalized spacial score (nSPS) is 31.7. The monoisotopic (exact) mass is 466 g/mol. The van der Waals surface area contributed by atoms with Crippen molar-refractivity contribution in [1.29, 1.82) is 0 Å². The van der Waals surface area contributed by atoms with Crippen molar-refractivity contribution < 1.29 is 60.2 Å². The largest absolute Gasteiger partial charge is 0.507 e. The Hall–Kier alpha value is -3.13. The van der Waals surface area contributed by atoms with Gasteiger partial charge in [0.05, 0.1) is 12.2 Å². The molecule has 33 heavy (non-hydrogen) atoms. The smallest absolute Gasteiger partial charge is 0.202 e. The van der Waals surface area contributed by atoms with Gasteiger partial charge in [-0.25, -0.2) is 0 Å². The van der Waals surface area contributed by atoms with Crippen LogP contribution in [0.25, 0.3) is 0 Å². The minimum absolute atomic E-state index is 0.119. The van der Waals surface area contributed by atoms with E-state index >= 15 is 0 Å². The van der Waals surface area contributed by atoms with Crippen LogP contribution in [0.2, 0.25) is 0 Å². The van der Waals surface area contributed by atoms with Gasteiger partial charge in [0.1, 0.15) is 53.3 Å². The molecule has 4 rings (SSSR count). The van der Waals surface area contributed by atoms with Crippen LogP contribution in [-0.2, 0) is 4.74 Å². The molecule has 0 aliphatic carbocycles. The Morgan fingerprint density at radius 1 is 0.818 bits per heavy atom. The summed E-state index contributed by atoms with van der Waals surface area (Å²) in [5.74, 6) is -3.90. The molecule has 5 unspecified atom stereocenters. The van der Waals surface area contributed by atoms with Crippen LogP contribution in [0.15, 0.2) is 24.3 Å². The Morgan fingerprint density at radius 2 is 1.52 bits per heavy atom. The molecule has 12 nitrogen and oxygen atoms in total. The lowest BCUT2D eigenvalue weighted by Crippen LogP contribution is -2.55. The minimum Gasteiger partial charge on any atom is -0.507 e. The number of fused-ring (bicyclic) bond motifs is 1. The molecule has 0 aromatic heterocycles. The highest BCUT2D eigenvalue weighted by Crippen LogP contribution is 2.49. The summed E-state index contributed by atoms with van der Waals surface area (Å²) < 4.78 is 10.9. The maximum atomic E-state index is 12.9. The number of carbonyl (C=O) groups excluding carboxylic acids is 1. The van der Waals surface area contributed by atoms with Crippen molar-refractivity contribution in [2.45, 2.75) is 42.7 Å². The highest BCUT2D eigenvalue weighted by molar-refractivity contribution is 6.06. The van der Waals surface area contributed by atoms with E-state index in [9.17, 15) is 50.8 Å². The standard InChI is InChI=1S/C21H22O12/c22-5-11-14(26)17(29)19(31)21(33-11)12-9(25)4-10-13(15(12)27)16(28)18(30)20(32-10)6-1-2-7(23)8(24)3-6/h1-4,11,14,17-27,29-31H,5H2/t11?,14?,17?,18-,19?,20+,21?/m1/s1. The first-order valence-corrected chi connectivity index (χ1v) is 9.87. The third-order valence-electron chi connectivity index (χ3n) is 5.84. The number of Topliss-reactive ketones (excluding diaryl/α,β-unsaturated/α-hetero) is 1. The number of ketones is 1. The summed E-state index contributed by atoms with van der Waals surface area (Å²) >= 11 is 0. The third kappa shape index (κ3) is 3.62. The van der Waals surface area contributed by atoms with Gasteiger partial charge < -0.3 is 55.4 Å². The molecule has 2 heterocycles. The van der Waals surface area contributed by atoms with E-state index < -0.39 is 89.2 Å². The number of benzene rings is 2. The van der Waals surface area contributed by atoms with Crippen LogP contribution >= 0.6 is 0 Å². The summed E-state index contributed by atoms with van der Waals surface area (Å²) in [6, 6.07) is 4.42. The highest BCUT2D eigenvalue weighted by atomic mass is 16.5. The Kier molecular flexibility index (Phi) is 5.82. The first kappa shape index (κ1) is 23.0. The number of phenolic OH excluding ortho intramolecular Hbond substituents is 4. The summed E-state index contributed by atoms with van der Waals surface area (Å²) in [5.41, 5.74) is -0.934. The van der Waals surface area contributed by atoms with Gasteiger partial charge in [-0.3, -0.25) is 4.79 Å². The molecule has 0 radical (unpaired) electrons. The van der Waals surface area contributed by atoms with Crippen LogP contribution < -0.4 is 4.74 Å². The number of ether oxygens (including phenoxy) is 2. The van der Waals surface area contributed by atoms with Crippen LogP contribution in [0.4, 0.5) is 0 Å². The molecule has 1 fully saturated rings. The van der Waals surface area contributed by atoms with Crippen LogP contribution in [0.1, 0.15) is 33.7 Å². The molecule has 9 N–H and O–H groups in total. The molecule has 0 bridgehead atoms. The summed E-state index contributed by atoms with van der Waals surface area (Å²) in [6.45, 7) is -0.754. The molecule has 178 valence electrons.